The van der Waals surface area contributed by atoms with Crippen molar-refractivity contribution < 1.29 is 4.74 Å². The lowest BCUT2D eigenvalue weighted by molar-refractivity contribution is 0.312. The van der Waals surface area contributed by atoms with Gasteiger partial charge in [-0.05, 0) is 30.7 Å². The van der Waals surface area contributed by atoms with Gasteiger partial charge >= 0.3 is 0 Å². The third-order valence-corrected chi connectivity index (χ3v) is 3.46. The molecule has 3 nitrogen and oxygen atoms in total. The number of para-hydroxylation sites is 2. The zero-order chi connectivity index (χ0) is 15.1. The number of rotatable bonds is 7. The van der Waals surface area contributed by atoms with E-state index in [1.54, 1.807) is 0 Å². The summed E-state index contributed by atoms with van der Waals surface area (Å²) in [4.78, 5) is 2.58. The van der Waals surface area contributed by atoms with Crippen LogP contribution in [0, 0.1) is 0 Å². The van der Waals surface area contributed by atoms with Crippen LogP contribution in [-0.4, -0.2) is 25.2 Å². The monoisotopic (exact) mass is 300 g/mol. The predicted molar refractivity (Wildman–Crippen MR) is 92.2 cm³/mol. The van der Waals surface area contributed by atoms with Crippen molar-refractivity contribution in [3.05, 3.63) is 60.2 Å². The number of nitrogens with two attached hydrogens (primary N) is 1. The van der Waals surface area contributed by atoms with Gasteiger partial charge in [0.1, 0.15) is 10.7 Å². The molecule has 0 aliphatic heterocycles. The Morgan fingerprint density at radius 3 is 2.48 bits per heavy atom. The molecule has 0 aliphatic carbocycles. The van der Waals surface area contributed by atoms with Gasteiger partial charge in [0.2, 0.25) is 0 Å². The van der Waals surface area contributed by atoms with E-state index in [1.165, 1.54) is 5.69 Å². The third-order valence-electron chi connectivity index (χ3n) is 3.24. The topological polar surface area (TPSA) is 38.5 Å². The number of benzene rings is 2. The Kier molecular flexibility index (Phi) is 5.58. The molecule has 0 atom stereocenters. The fourth-order valence-corrected chi connectivity index (χ4v) is 2.26. The van der Waals surface area contributed by atoms with Crippen LogP contribution >= 0.6 is 12.2 Å². The Labute approximate surface area is 131 Å². The van der Waals surface area contributed by atoms with Gasteiger partial charge in [0.05, 0.1) is 12.2 Å². The summed E-state index contributed by atoms with van der Waals surface area (Å²) in [6.07, 6.45) is 0.928. The summed E-state index contributed by atoms with van der Waals surface area (Å²) >= 11 is 5.02. The molecule has 0 amide bonds. The molecule has 0 bridgehead atoms. The van der Waals surface area contributed by atoms with Crippen LogP contribution in [0.1, 0.15) is 12.0 Å². The molecule has 2 aromatic rings. The smallest absolute Gasteiger partial charge is 0.129 e. The summed E-state index contributed by atoms with van der Waals surface area (Å²) in [5.74, 6) is 0.757. The van der Waals surface area contributed by atoms with Crippen molar-refractivity contribution in [3.63, 3.8) is 0 Å². The van der Waals surface area contributed by atoms with E-state index in [9.17, 15) is 0 Å². The average molecular weight is 300 g/mol. The predicted octanol–water partition coefficient (Wildman–Crippen LogP) is 3.23. The SMILES string of the molecule is CN(CCCOc1ccccc1C(N)=S)c1ccccc1. The number of anilines is 1. The molecule has 0 saturated heterocycles. The maximum atomic E-state index is 5.79. The van der Waals surface area contributed by atoms with Crippen LogP contribution in [0.4, 0.5) is 5.69 Å². The van der Waals surface area contributed by atoms with Crippen LogP contribution in [-0.2, 0) is 0 Å². The fraction of sp³-hybridized carbons (Fsp3) is 0.235. The van der Waals surface area contributed by atoms with Crippen LogP contribution in [0.25, 0.3) is 0 Å². The lowest BCUT2D eigenvalue weighted by Gasteiger charge is -2.19. The molecule has 4 heteroatoms. The quantitative estimate of drug-likeness (QED) is 0.629. The number of ether oxygens (including phenoxy) is 1. The van der Waals surface area contributed by atoms with Crippen LogP contribution in [0.2, 0.25) is 0 Å². The number of thiocarbonyl (C=S) groups is 1. The van der Waals surface area contributed by atoms with Gasteiger partial charge in [-0.15, -0.1) is 0 Å². The third kappa shape index (κ3) is 4.46. The first kappa shape index (κ1) is 15.3. The maximum Gasteiger partial charge on any atom is 0.129 e. The van der Waals surface area contributed by atoms with E-state index in [4.69, 9.17) is 22.7 Å². The second-order valence-corrected chi connectivity index (χ2v) is 5.26. The van der Waals surface area contributed by atoms with Crippen molar-refractivity contribution in [1.29, 1.82) is 0 Å². The normalized spacial score (nSPS) is 10.1. The fourth-order valence-electron chi connectivity index (χ4n) is 2.09. The molecule has 0 saturated carbocycles. The summed E-state index contributed by atoms with van der Waals surface area (Å²) in [7, 11) is 2.08. The van der Waals surface area contributed by atoms with E-state index < -0.39 is 0 Å². The molecule has 0 spiro atoms. The highest BCUT2D eigenvalue weighted by molar-refractivity contribution is 7.80. The number of hydrogen-bond acceptors (Lipinski definition) is 3. The van der Waals surface area contributed by atoms with Gasteiger partial charge in [0.15, 0.2) is 0 Å². The van der Waals surface area contributed by atoms with E-state index in [0.29, 0.717) is 11.6 Å². The summed E-state index contributed by atoms with van der Waals surface area (Å²) in [6.45, 7) is 1.57. The Hall–Kier alpha value is -2.07. The first-order valence-electron chi connectivity index (χ1n) is 6.96. The molecule has 0 unspecified atom stereocenters. The number of nitrogens with zero attached hydrogens (tertiary/aromatic N) is 1. The van der Waals surface area contributed by atoms with E-state index in [2.05, 4.69) is 24.1 Å². The summed E-state index contributed by atoms with van der Waals surface area (Å²) < 4.78 is 5.79. The molecule has 0 radical (unpaired) electrons. The van der Waals surface area contributed by atoms with E-state index >= 15 is 0 Å². The van der Waals surface area contributed by atoms with Crippen LogP contribution in [0.5, 0.6) is 5.75 Å². The molecule has 2 N–H and O–H groups in total. The highest BCUT2D eigenvalue weighted by Crippen LogP contribution is 2.18. The van der Waals surface area contributed by atoms with Crippen molar-refractivity contribution in [2.75, 3.05) is 25.1 Å². The average Bonchev–Trinajstić information content (AvgIpc) is 2.52. The standard InChI is InChI=1S/C17H20N2OS/c1-19(14-8-3-2-4-9-14)12-7-13-20-16-11-6-5-10-15(16)17(18)21/h2-6,8-11H,7,12-13H2,1H3,(H2,18,21). The minimum absolute atomic E-state index is 0.368. The van der Waals surface area contributed by atoms with Crippen molar-refractivity contribution in [3.8, 4) is 5.75 Å². The highest BCUT2D eigenvalue weighted by atomic mass is 32.1. The molecule has 2 rings (SSSR count). The van der Waals surface area contributed by atoms with Crippen molar-refractivity contribution in [2.45, 2.75) is 6.42 Å². The second kappa shape index (κ2) is 7.64. The van der Waals surface area contributed by atoms with Crippen molar-refractivity contribution in [2.24, 2.45) is 5.73 Å². The molecule has 110 valence electrons. The first-order chi connectivity index (χ1) is 10.2. The van der Waals surface area contributed by atoms with Gasteiger partial charge in [0.25, 0.3) is 0 Å². The van der Waals surface area contributed by atoms with Gasteiger partial charge in [-0.1, -0.05) is 42.5 Å². The van der Waals surface area contributed by atoms with Gasteiger partial charge in [-0.2, -0.15) is 0 Å². The van der Waals surface area contributed by atoms with Gasteiger partial charge in [-0.3, -0.25) is 0 Å². The molecule has 0 heterocycles. The Morgan fingerprint density at radius 2 is 1.76 bits per heavy atom. The van der Waals surface area contributed by atoms with Crippen molar-refractivity contribution >= 4 is 22.9 Å². The molecule has 2 aromatic carbocycles. The molecule has 0 fully saturated rings. The molecule has 0 aromatic heterocycles. The lowest BCUT2D eigenvalue weighted by Crippen LogP contribution is -2.20. The summed E-state index contributed by atoms with van der Waals surface area (Å²) in [6, 6.07) is 17.9. The van der Waals surface area contributed by atoms with Crippen LogP contribution < -0.4 is 15.4 Å². The zero-order valence-electron chi connectivity index (χ0n) is 12.2. The molecule has 21 heavy (non-hydrogen) atoms. The summed E-state index contributed by atoms with van der Waals surface area (Å²) in [5, 5.41) is 0. The molecular weight excluding hydrogens is 280 g/mol. The van der Waals surface area contributed by atoms with Gasteiger partial charge in [-0.25, -0.2) is 0 Å². The Morgan fingerprint density at radius 1 is 1.10 bits per heavy atom. The second-order valence-electron chi connectivity index (χ2n) is 4.82. The van der Waals surface area contributed by atoms with Gasteiger partial charge in [0, 0.05) is 19.3 Å². The minimum Gasteiger partial charge on any atom is -0.493 e. The van der Waals surface area contributed by atoms with Crippen molar-refractivity contribution in [1.82, 2.24) is 0 Å². The molecular formula is C17H20N2OS. The molecule has 0 aliphatic rings. The first-order valence-corrected chi connectivity index (χ1v) is 7.37. The zero-order valence-corrected chi connectivity index (χ0v) is 13.0. The van der Waals surface area contributed by atoms with E-state index in [1.807, 2.05) is 42.5 Å². The largest absolute Gasteiger partial charge is 0.493 e. The van der Waals surface area contributed by atoms with E-state index in [-0.39, 0.29) is 0 Å². The van der Waals surface area contributed by atoms with E-state index in [0.717, 1.165) is 24.3 Å². The van der Waals surface area contributed by atoms with Crippen LogP contribution in [0.3, 0.4) is 0 Å². The maximum absolute atomic E-state index is 5.79. The van der Waals surface area contributed by atoms with Gasteiger partial charge < -0.3 is 15.4 Å². The minimum atomic E-state index is 0.368. The Balaban J connectivity index is 1.81. The Bertz CT molecular complexity index is 586. The number of hydrogen-bond donors (Lipinski definition) is 1. The summed E-state index contributed by atoms with van der Waals surface area (Å²) in [5.41, 5.74) is 7.69. The lowest BCUT2D eigenvalue weighted by atomic mass is 10.2. The van der Waals surface area contributed by atoms with Crippen LogP contribution in [0.15, 0.2) is 54.6 Å². The highest BCUT2D eigenvalue weighted by Gasteiger charge is 2.05.